The first-order chi connectivity index (χ1) is 15.1. The van der Waals surface area contributed by atoms with Crippen LogP contribution in [0, 0.1) is 13.8 Å². The van der Waals surface area contributed by atoms with Crippen molar-refractivity contribution >= 4 is 6.03 Å². The monoisotopic (exact) mass is 418 g/mol. The molecule has 2 heterocycles. The number of urea groups is 1. The molecule has 2 aromatic carbocycles. The highest BCUT2D eigenvalue weighted by molar-refractivity contribution is 5.74. The Morgan fingerprint density at radius 3 is 2.68 bits per heavy atom. The van der Waals surface area contributed by atoms with E-state index in [-0.39, 0.29) is 12.1 Å². The molecule has 0 saturated carbocycles. The lowest BCUT2D eigenvalue weighted by Gasteiger charge is -2.32. The highest BCUT2D eigenvalue weighted by Gasteiger charge is 2.24. The molecule has 1 aliphatic rings. The van der Waals surface area contributed by atoms with Crippen LogP contribution in [0.25, 0.3) is 0 Å². The number of benzene rings is 2. The van der Waals surface area contributed by atoms with Gasteiger partial charge in [0.2, 0.25) is 0 Å². The molecule has 6 heteroatoms. The smallest absolute Gasteiger partial charge is 0.317 e. The van der Waals surface area contributed by atoms with Crippen molar-refractivity contribution in [3.8, 4) is 5.75 Å². The van der Waals surface area contributed by atoms with Crippen molar-refractivity contribution in [2.75, 3.05) is 13.1 Å². The Bertz CT molecular complexity index is 1010. The summed E-state index contributed by atoms with van der Waals surface area (Å²) in [5.74, 6) is 0.956. The number of aryl methyl sites for hydroxylation is 2. The van der Waals surface area contributed by atoms with Crippen molar-refractivity contribution < 1.29 is 9.53 Å². The minimum absolute atomic E-state index is 0.0114. The van der Waals surface area contributed by atoms with E-state index >= 15 is 0 Å². The van der Waals surface area contributed by atoms with Crippen molar-refractivity contribution in [2.45, 2.75) is 45.9 Å². The van der Waals surface area contributed by atoms with Crippen LogP contribution < -0.4 is 10.1 Å². The normalized spacial score (nSPS) is 14.5. The summed E-state index contributed by atoms with van der Waals surface area (Å²) in [6.07, 6.45) is 5.58. The van der Waals surface area contributed by atoms with Crippen LogP contribution >= 0.6 is 0 Å². The summed E-state index contributed by atoms with van der Waals surface area (Å²) in [5.41, 5.74) is 4.61. The molecule has 4 rings (SSSR count). The Balaban J connectivity index is 1.24. The first-order valence-electron chi connectivity index (χ1n) is 10.9. The zero-order valence-electron chi connectivity index (χ0n) is 18.3. The summed E-state index contributed by atoms with van der Waals surface area (Å²) in [7, 11) is 0. The summed E-state index contributed by atoms with van der Waals surface area (Å²) in [5, 5.41) is 7.31. The molecular weight excluding hydrogens is 388 g/mol. The number of amides is 2. The molecule has 0 atom stereocenters. The number of aromatic nitrogens is 2. The van der Waals surface area contributed by atoms with Gasteiger partial charge < -0.3 is 15.0 Å². The average molecular weight is 419 g/mol. The molecule has 0 aliphatic carbocycles. The summed E-state index contributed by atoms with van der Waals surface area (Å²) in [6, 6.07) is 16.4. The van der Waals surface area contributed by atoms with E-state index in [4.69, 9.17) is 4.74 Å². The van der Waals surface area contributed by atoms with Crippen LogP contribution in [0.15, 0.2) is 60.9 Å². The molecule has 31 heavy (non-hydrogen) atoms. The van der Waals surface area contributed by atoms with Gasteiger partial charge in [0.25, 0.3) is 0 Å². The largest absolute Gasteiger partial charge is 0.490 e. The van der Waals surface area contributed by atoms with Crippen molar-refractivity contribution in [1.82, 2.24) is 20.0 Å². The molecule has 3 aromatic rings. The fraction of sp³-hybridized carbons (Fsp3) is 0.360. The number of nitrogens with one attached hydrogen (secondary N) is 1. The lowest BCUT2D eigenvalue weighted by molar-refractivity contribution is 0.110. The summed E-state index contributed by atoms with van der Waals surface area (Å²) in [6.45, 7) is 6.81. The minimum atomic E-state index is -0.0114. The van der Waals surface area contributed by atoms with E-state index < -0.39 is 0 Å². The van der Waals surface area contributed by atoms with Gasteiger partial charge in [-0.1, -0.05) is 36.4 Å². The molecule has 162 valence electrons. The number of carbonyl (C=O) groups is 1. The first-order valence-corrected chi connectivity index (χ1v) is 10.9. The van der Waals surface area contributed by atoms with Crippen molar-refractivity contribution in [3.05, 3.63) is 83.2 Å². The number of hydrogen-bond acceptors (Lipinski definition) is 3. The van der Waals surface area contributed by atoms with E-state index in [1.807, 2.05) is 34.0 Å². The molecule has 0 spiro atoms. The van der Waals surface area contributed by atoms with Crippen molar-refractivity contribution in [1.29, 1.82) is 0 Å². The average Bonchev–Trinajstić information content (AvgIpc) is 3.28. The lowest BCUT2D eigenvalue weighted by atomic mass is 10.1. The molecule has 1 saturated heterocycles. The number of carbonyl (C=O) groups excluding carboxylic acids is 1. The van der Waals surface area contributed by atoms with E-state index in [0.717, 1.165) is 36.3 Å². The Morgan fingerprint density at radius 1 is 1.10 bits per heavy atom. The summed E-state index contributed by atoms with van der Waals surface area (Å²) in [4.78, 5) is 14.5. The van der Waals surface area contributed by atoms with Crippen LogP contribution in [-0.2, 0) is 13.1 Å². The number of rotatable bonds is 6. The molecule has 2 amide bonds. The van der Waals surface area contributed by atoms with Gasteiger partial charge in [-0.05, 0) is 48.2 Å². The molecule has 6 nitrogen and oxygen atoms in total. The van der Waals surface area contributed by atoms with Crippen LogP contribution in [0.3, 0.4) is 0 Å². The van der Waals surface area contributed by atoms with Crippen LogP contribution in [0.1, 0.15) is 35.1 Å². The van der Waals surface area contributed by atoms with Crippen LogP contribution in [0.2, 0.25) is 0 Å². The maximum absolute atomic E-state index is 12.6. The highest BCUT2D eigenvalue weighted by Crippen LogP contribution is 2.24. The Morgan fingerprint density at radius 2 is 1.90 bits per heavy atom. The van der Waals surface area contributed by atoms with Gasteiger partial charge in [-0.25, -0.2) is 4.79 Å². The molecule has 1 aromatic heterocycles. The first kappa shape index (κ1) is 21.0. The fourth-order valence-corrected chi connectivity index (χ4v) is 3.90. The van der Waals surface area contributed by atoms with Gasteiger partial charge in [0.1, 0.15) is 11.9 Å². The Kier molecular flexibility index (Phi) is 6.55. The predicted molar refractivity (Wildman–Crippen MR) is 121 cm³/mol. The zero-order valence-corrected chi connectivity index (χ0v) is 18.3. The highest BCUT2D eigenvalue weighted by atomic mass is 16.5. The number of ether oxygens (including phenoxy) is 1. The van der Waals surface area contributed by atoms with Gasteiger partial charge in [0.15, 0.2) is 0 Å². The third-order valence-corrected chi connectivity index (χ3v) is 5.71. The second kappa shape index (κ2) is 9.69. The van der Waals surface area contributed by atoms with Gasteiger partial charge >= 0.3 is 6.03 Å². The predicted octanol–water partition coefficient (Wildman–Crippen LogP) is 4.30. The molecule has 1 aliphatic heterocycles. The topological polar surface area (TPSA) is 59.4 Å². The minimum Gasteiger partial charge on any atom is -0.490 e. The van der Waals surface area contributed by atoms with Crippen molar-refractivity contribution in [3.63, 3.8) is 0 Å². The van der Waals surface area contributed by atoms with E-state index in [9.17, 15) is 4.79 Å². The quantitative estimate of drug-likeness (QED) is 0.649. The van der Waals surface area contributed by atoms with E-state index in [1.165, 1.54) is 11.1 Å². The maximum Gasteiger partial charge on any atom is 0.317 e. The standard InChI is InChI=1S/C25H30N4O2/c1-19-7-8-20(2)24(15-19)31-23-9-13-28(14-10-23)25(30)26-17-21-5-3-6-22(16-21)18-29-12-4-11-27-29/h3-8,11-12,15-16,23H,9-10,13-14,17-18H2,1-2H3,(H,26,30). The summed E-state index contributed by atoms with van der Waals surface area (Å²) >= 11 is 0. The van der Waals surface area contributed by atoms with Crippen LogP contribution in [0.4, 0.5) is 4.79 Å². The fourth-order valence-electron chi connectivity index (χ4n) is 3.90. The van der Waals surface area contributed by atoms with Gasteiger partial charge in [-0.15, -0.1) is 0 Å². The zero-order chi connectivity index (χ0) is 21.6. The molecule has 0 unspecified atom stereocenters. The van der Waals surface area contributed by atoms with Crippen LogP contribution in [-0.4, -0.2) is 39.9 Å². The summed E-state index contributed by atoms with van der Waals surface area (Å²) < 4.78 is 8.11. The molecule has 1 N–H and O–H groups in total. The molecule has 0 bridgehead atoms. The van der Waals surface area contributed by atoms with Gasteiger partial charge in [-0.2, -0.15) is 5.10 Å². The molecular formula is C25H30N4O2. The van der Waals surface area contributed by atoms with Crippen molar-refractivity contribution in [2.24, 2.45) is 0 Å². The number of likely N-dealkylation sites (tertiary alicyclic amines) is 1. The molecule has 1 fully saturated rings. The SMILES string of the molecule is Cc1ccc(C)c(OC2CCN(C(=O)NCc3cccc(Cn4cccn4)c3)CC2)c1. The number of nitrogens with zero attached hydrogens (tertiary/aromatic N) is 3. The maximum atomic E-state index is 12.6. The van der Waals surface area contributed by atoms with E-state index in [0.29, 0.717) is 19.6 Å². The third-order valence-electron chi connectivity index (χ3n) is 5.71. The van der Waals surface area contributed by atoms with Gasteiger partial charge in [-0.3, -0.25) is 4.68 Å². The second-order valence-corrected chi connectivity index (χ2v) is 8.26. The lowest BCUT2D eigenvalue weighted by Crippen LogP contribution is -2.46. The third kappa shape index (κ3) is 5.66. The van der Waals surface area contributed by atoms with Gasteiger partial charge in [0.05, 0.1) is 6.54 Å². The second-order valence-electron chi connectivity index (χ2n) is 8.26. The van der Waals surface area contributed by atoms with Gasteiger partial charge in [0, 0.05) is 44.9 Å². The number of hydrogen-bond donors (Lipinski definition) is 1. The number of piperidine rings is 1. The van der Waals surface area contributed by atoms with E-state index in [2.05, 4.69) is 54.6 Å². The Labute approximate surface area is 183 Å². The van der Waals surface area contributed by atoms with E-state index in [1.54, 1.807) is 6.20 Å². The molecule has 0 radical (unpaired) electrons. The van der Waals surface area contributed by atoms with Crippen LogP contribution in [0.5, 0.6) is 5.75 Å². The Hall–Kier alpha value is -3.28.